The minimum Gasteiger partial charge on any atom is -0.393 e. The lowest BCUT2D eigenvalue weighted by atomic mass is 9.79. The number of nitrogens with zero attached hydrogens (tertiary/aromatic N) is 3. The zero-order chi connectivity index (χ0) is 20.6. The maximum absolute atomic E-state index is 9.79. The lowest BCUT2D eigenvalue weighted by molar-refractivity contribution is -0.0921. The second kappa shape index (κ2) is 8.59. The van der Waals surface area contributed by atoms with Crippen molar-refractivity contribution < 1.29 is 5.11 Å². The van der Waals surface area contributed by atoms with Crippen LogP contribution in [-0.2, 0) is 0 Å². The van der Waals surface area contributed by atoms with Gasteiger partial charge in [0.05, 0.1) is 24.1 Å². The molecule has 0 spiro atoms. The van der Waals surface area contributed by atoms with Gasteiger partial charge in [0.15, 0.2) is 0 Å². The van der Waals surface area contributed by atoms with Gasteiger partial charge in [0.1, 0.15) is 0 Å². The molecule has 5 nitrogen and oxygen atoms in total. The third kappa shape index (κ3) is 4.16. The number of hydrogen-bond acceptors (Lipinski definition) is 5. The van der Waals surface area contributed by atoms with Crippen molar-refractivity contribution in [3.8, 4) is 6.07 Å². The summed E-state index contributed by atoms with van der Waals surface area (Å²) in [4.78, 5) is 5.21. The number of aliphatic hydroxyl groups excluding tert-OH is 1. The fourth-order valence-corrected chi connectivity index (χ4v) is 6.23. The van der Waals surface area contributed by atoms with Crippen molar-refractivity contribution in [3.05, 3.63) is 35.9 Å². The van der Waals surface area contributed by atoms with Crippen LogP contribution in [0.5, 0.6) is 0 Å². The molecular weight excluding hydrogens is 372 g/mol. The Morgan fingerprint density at radius 1 is 1.03 bits per heavy atom. The molecule has 30 heavy (non-hydrogen) atoms. The number of nitrogens with one attached hydrogen (secondary N) is 1. The van der Waals surface area contributed by atoms with Crippen molar-refractivity contribution >= 4 is 0 Å². The van der Waals surface area contributed by atoms with Gasteiger partial charge in [0, 0.05) is 50.2 Å². The summed E-state index contributed by atoms with van der Waals surface area (Å²) >= 11 is 0. The number of nitriles is 1. The summed E-state index contributed by atoms with van der Waals surface area (Å²) in [5.41, 5.74) is 1.55. The van der Waals surface area contributed by atoms with Crippen molar-refractivity contribution in [3.63, 3.8) is 0 Å². The van der Waals surface area contributed by atoms with E-state index in [2.05, 4.69) is 51.5 Å². The van der Waals surface area contributed by atoms with Crippen molar-refractivity contribution in [2.75, 3.05) is 26.2 Å². The summed E-state index contributed by atoms with van der Waals surface area (Å²) in [6.45, 7) is 4.30. The summed E-state index contributed by atoms with van der Waals surface area (Å²) in [7, 11) is 0. The van der Waals surface area contributed by atoms with Gasteiger partial charge >= 0.3 is 0 Å². The van der Waals surface area contributed by atoms with E-state index in [1.165, 1.54) is 24.8 Å². The molecule has 2 atom stereocenters. The molecule has 0 unspecified atom stereocenters. The molecule has 2 heterocycles. The Kier molecular flexibility index (Phi) is 5.86. The number of rotatable bonds is 6. The Labute approximate surface area is 181 Å². The van der Waals surface area contributed by atoms with E-state index >= 15 is 0 Å². The smallest absolute Gasteiger partial charge is 0.0642 e. The fraction of sp³-hybridized carbons (Fsp3) is 0.720. The average Bonchev–Trinajstić information content (AvgIpc) is 3.52. The number of piperidine rings is 1. The Balaban J connectivity index is 1.10. The van der Waals surface area contributed by atoms with Crippen LogP contribution in [0.4, 0.5) is 0 Å². The highest BCUT2D eigenvalue weighted by Gasteiger charge is 2.50. The van der Waals surface area contributed by atoms with E-state index in [1.807, 2.05) is 0 Å². The molecule has 2 N–H and O–H groups in total. The number of benzene rings is 1. The fourth-order valence-electron chi connectivity index (χ4n) is 6.23. The van der Waals surface area contributed by atoms with Crippen LogP contribution in [-0.4, -0.2) is 70.9 Å². The lowest BCUT2D eigenvalue weighted by Crippen LogP contribution is -2.73. The first-order chi connectivity index (χ1) is 14.7. The highest BCUT2D eigenvalue weighted by atomic mass is 16.3. The highest BCUT2D eigenvalue weighted by Crippen LogP contribution is 2.42. The second-order valence-electron chi connectivity index (χ2n) is 10.2. The zero-order valence-electron chi connectivity index (χ0n) is 18.0. The molecule has 0 aromatic heterocycles. The van der Waals surface area contributed by atoms with Crippen LogP contribution in [0.3, 0.4) is 0 Å². The minimum absolute atomic E-state index is 0.0714. The van der Waals surface area contributed by atoms with Crippen molar-refractivity contribution in [1.29, 1.82) is 5.26 Å². The molecule has 2 aliphatic carbocycles. The van der Waals surface area contributed by atoms with Gasteiger partial charge in [-0.1, -0.05) is 30.3 Å². The Morgan fingerprint density at radius 2 is 1.73 bits per heavy atom. The molecule has 1 aromatic carbocycles. The van der Waals surface area contributed by atoms with E-state index in [4.69, 9.17) is 0 Å². The number of likely N-dealkylation sites (tertiary alicyclic amines) is 2. The summed E-state index contributed by atoms with van der Waals surface area (Å²) < 4.78 is 0. The first-order valence-corrected chi connectivity index (χ1v) is 12.0. The molecule has 0 radical (unpaired) electrons. The summed E-state index contributed by atoms with van der Waals surface area (Å²) in [6, 6.07) is 15.3. The molecule has 0 amide bonds. The summed E-state index contributed by atoms with van der Waals surface area (Å²) in [5, 5.41) is 23.2. The van der Waals surface area contributed by atoms with Gasteiger partial charge in [-0.2, -0.15) is 5.26 Å². The van der Waals surface area contributed by atoms with E-state index in [0.717, 1.165) is 51.9 Å². The molecule has 5 heteroatoms. The van der Waals surface area contributed by atoms with Crippen LogP contribution in [0.1, 0.15) is 62.8 Å². The van der Waals surface area contributed by atoms with E-state index in [-0.39, 0.29) is 11.6 Å². The molecular formula is C25H36N4O. The Hall–Kier alpha value is -1.45. The standard InChI is InChI=1S/C25H36N4O/c26-13-12-25(17-28(18-25)21-6-8-22(30)9-7-21)29-14-10-20(11-15-29)27-24-16-23(24)19-4-2-1-3-5-19/h1-5,20-24,27,30H,6-12,14-18H2/t21?,22?,23-,24+/m0/s1. The third-order valence-corrected chi connectivity index (χ3v) is 8.22. The largest absolute Gasteiger partial charge is 0.393 e. The molecule has 5 rings (SSSR count). The molecule has 1 aromatic rings. The maximum Gasteiger partial charge on any atom is 0.0642 e. The topological polar surface area (TPSA) is 62.5 Å². The van der Waals surface area contributed by atoms with E-state index in [9.17, 15) is 10.4 Å². The van der Waals surface area contributed by atoms with Crippen LogP contribution in [0.25, 0.3) is 0 Å². The Bertz CT molecular complexity index is 740. The number of aliphatic hydroxyl groups is 1. The average molecular weight is 409 g/mol. The molecule has 162 valence electrons. The van der Waals surface area contributed by atoms with Gasteiger partial charge < -0.3 is 10.4 Å². The minimum atomic E-state index is -0.0918. The van der Waals surface area contributed by atoms with Gasteiger partial charge in [0.25, 0.3) is 0 Å². The first kappa shape index (κ1) is 20.5. The van der Waals surface area contributed by atoms with Crippen LogP contribution >= 0.6 is 0 Å². The van der Waals surface area contributed by atoms with Gasteiger partial charge in [-0.25, -0.2) is 0 Å². The highest BCUT2D eigenvalue weighted by molar-refractivity contribution is 5.27. The molecule has 4 aliphatic rings. The quantitative estimate of drug-likeness (QED) is 0.758. The van der Waals surface area contributed by atoms with E-state index in [1.54, 1.807) is 0 Å². The second-order valence-corrected chi connectivity index (χ2v) is 10.2. The van der Waals surface area contributed by atoms with Crippen molar-refractivity contribution in [2.24, 2.45) is 0 Å². The van der Waals surface area contributed by atoms with Crippen LogP contribution < -0.4 is 5.32 Å². The molecule has 0 bridgehead atoms. The summed E-state index contributed by atoms with van der Waals surface area (Å²) in [6.07, 6.45) is 8.32. The van der Waals surface area contributed by atoms with Gasteiger partial charge in [-0.05, 0) is 50.5 Å². The summed E-state index contributed by atoms with van der Waals surface area (Å²) in [5.74, 6) is 0.698. The van der Waals surface area contributed by atoms with Crippen LogP contribution in [0.2, 0.25) is 0 Å². The zero-order valence-corrected chi connectivity index (χ0v) is 18.0. The van der Waals surface area contributed by atoms with E-state index < -0.39 is 0 Å². The molecule has 2 aliphatic heterocycles. The van der Waals surface area contributed by atoms with Gasteiger partial charge in [-0.3, -0.25) is 9.80 Å². The lowest BCUT2D eigenvalue weighted by Gasteiger charge is -2.59. The first-order valence-electron chi connectivity index (χ1n) is 12.0. The van der Waals surface area contributed by atoms with Crippen LogP contribution in [0.15, 0.2) is 30.3 Å². The SMILES string of the molecule is N#CCC1(N2CCC(N[C@@H]3C[C@H]3c3ccccc3)CC2)CN(C2CCC(O)CC2)C1. The van der Waals surface area contributed by atoms with Gasteiger partial charge in [-0.15, -0.1) is 0 Å². The van der Waals surface area contributed by atoms with Crippen LogP contribution in [0, 0.1) is 11.3 Å². The predicted octanol–water partition coefficient (Wildman–Crippen LogP) is 2.87. The van der Waals surface area contributed by atoms with Crippen molar-refractivity contribution in [1.82, 2.24) is 15.1 Å². The number of hydrogen-bond donors (Lipinski definition) is 2. The Morgan fingerprint density at radius 3 is 2.40 bits per heavy atom. The molecule has 4 fully saturated rings. The predicted molar refractivity (Wildman–Crippen MR) is 118 cm³/mol. The molecule has 2 saturated heterocycles. The molecule has 2 saturated carbocycles. The monoisotopic (exact) mass is 408 g/mol. The van der Waals surface area contributed by atoms with Crippen molar-refractivity contribution in [2.45, 2.75) is 87.1 Å². The van der Waals surface area contributed by atoms with Gasteiger partial charge in [0.2, 0.25) is 0 Å². The van der Waals surface area contributed by atoms with E-state index in [0.29, 0.717) is 30.5 Å². The normalized spacial score (nSPS) is 34.8. The third-order valence-electron chi connectivity index (χ3n) is 8.22. The maximum atomic E-state index is 9.79.